The molecule has 0 bridgehead atoms. The van der Waals surface area contributed by atoms with E-state index < -0.39 is 29.1 Å². The van der Waals surface area contributed by atoms with E-state index in [0.717, 1.165) is 5.56 Å². The van der Waals surface area contributed by atoms with Crippen molar-refractivity contribution in [3.63, 3.8) is 0 Å². The number of carbonyl (C=O) groups excluding carboxylic acids is 1. The highest BCUT2D eigenvalue weighted by Crippen LogP contribution is 2.41. The monoisotopic (exact) mass is 579 g/mol. The predicted molar refractivity (Wildman–Crippen MR) is 137 cm³/mol. The van der Waals surface area contributed by atoms with Crippen LogP contribution in [0.5, 0.6) is 17.2 Å². The Bertz CT molecular complexity index is 1640. The van der Waals surface area contributed by atoms with Crippen LogP contribution in [0.4, 0.5) is 13.2 Å². The van der Waals surface area contributed by atoms with Crippen molar-refractivity contribution in [3.8, 4) is 17.2 Å². The first-order valence-electron chi connectivity index (χ1n) is 11.4. The molecule has 0 radical (unpaired) electrons. The van der Waals surface area contributed by atoms with Crippen molar-refractivity contribution in [1.82, 2.24) is 4.90 Å². The van der Waals surface area contributed by atoms with Gasteiger partial charge in [-0.2, -0.15) is 13.2 Å². The molecular formula is C27H18Cl2F3NO6. The number of carbonyl (C=O) groups is 1. The highest BCUT2D eigenvalue weighted by molar-refractivity contribution is 6.42. The van der Waals surface area contributed by atoms with Crippen molar-refractivity contribution in [2.75, 3.05) is 13.8 Å². The molecule has 5 rings (SSSR count). The topological polar surface area (TPSA) is 78.2 Å². The number of ether oxygens (including phenoxy) is 3. The van der Waals surface area contributed by atoms with Gasteiger partial charge in [0.15, 0.2) is 0 Å². The summed E-state index contributed by atoms with van der Waals surface area (Å²) >= 11 is 12.1. The highest BCUT2D eigenvalue weighted by Gasteiger charge is 2.41. The van der Waals surface area contributed by atoms with Crippen LogP contribution in [-0.2, 0) is 24.0 Å². The zero-order chi connectivity index (χ0) is 27.9. The van der Waals surface area contributed by atoms with Gasteiger partial charge in [0.2, 0.25) is 11.2 Å². The zero-order valence-corrected chi connectivity index (χ0v) is 21.6. The molecule has 0 unspecified atom stereocenters. The molecular weight excluding hydrogens is 562 g/mol. The van der Waals surface area contributed by atoms with Crippen LogP contribution in [0, 0.1) is 0 Å². The summed E-state index contributed by atoms with van der Waals surface area (Å²) in [7, 11) is 1.19. The smallest absolute Gasteiger partial charge is 0.453 e. The second-order valence-corrected chi connectivity index (χ2v) is 9.45. The van der Waals surface area contributed by atoms with E-state index in [4.69, 9.17) is 37.1 Å². The summed E-state index contributed by atoms with van der Waals surface area (Å²) in [4.78, 5) is 26.8. The summed E-state index contributed by atoms with van der Waals surface area (Å²) in [6.07, 6.45) is -5.05. The minimum Gasteiger partial charge on any atom is -0.478 e. The van der Waals surface area contributed by atoms with Crippen molar-refractivity contribution in [3.05, 3.63) is 97.3 Å². The van der Waals surface area contributed by atoms with Crippen LogP contribution >= 0.6 is 23.2 Å². The Morgan fingerprint density at radius 3 is 2.46 bits per heavy atom. The van der Waals surface area contributed by atoms with E-state index in [-0.39, 0.29) is 41.1 Å². The van der Waals surface area contributed by atoms with Crippen LogP contribution < -0.4 is 14.9 Å². The Kier molecular flexibility index (Phi) is 7.19. The van der Waals surface area contributed by atoms with Gasteiger partial charge < -0.3 is 18.6 Å². The maximum atomic E-state index is 14.1. The maximum Gasteiger partial charge on any atom is 0.453 e. The summed E-state index contributed by atoms with van der Waals surface area (Å²) in [5.41, 5.74) is -0.0102. The van der Waals surface area contributed by atoms with Gasteiger partial charge in [-0.1, -0.05) is 29.3 Å². The molecule has 0 saturated carbocycles. The fourth-order valence-corrected chi connectivity index (χ4v) is 4.49. The normalized spacial score (nSPS) is 13.6. The lowest BCUT2D eigenvalue weighted by molar-refractivity contribution is -0.154. The molecule has 12 heteroatoms. The molecule has 0 aliphatic carbocycles. The Hall–Kier alpha value is -3.73. The van der Waals surface area contributed by atoms with Gasteiger partial charge in [-0.05, 0) is 54.1 Å². The fraction of sp³-hybridized carbons (Fsp3) is 0.185. The number of methoxy groups -OCH3 is 1. The van der Waals surface area contributed by atoms with Crippen molar-refractivity contribution in [2.45, 2.75) is 19.3 Å². The molecule has 1 aromatic heterocycles. The summed E-state index contributed by atoms with van der Waals surface area (Å²) < 4.78 is 63.4. The van der Waals surface area contributed by atoms with E-state index in [1.807, 2.05) is 4.90 Å². The van der Waals surface area contributed by atoms with E-state index in [2.05, 4.69) is 4.74 Å². The number of hydrogen-bond acceptors (Lipinski definition) is 7. The van der Waals surface area contributed by atoms with Crippen molar-refractivity contribution in [1.29, 1.82) is 0 Å². The second-order valence-electron chi connectivity index (χ2n) is 8.63. The van der Waals surface area contributed by atoms with Crippen LogP contribution in [0.3, 0.4) is 0 Å². The zero-order valence-electron chi connectivity index (χ0n) is 20.1. The van der Waals surface area contributed by atoms with Gasteiger partial charge in [0.05, 0.1) is 33.7 Å². The molecule has 4 aromatic rings. The standard InChI is InChI=1S/C27H18Cl2F3NO6/c1-36-26(35)15-3-5-16(6-4-15)38-24-22(34)17-7-9-21-18(23(17)39-25(24)27(30,31)32)12-33(13-37-21)11-14-2-8-19(28)20(29)10-14/h2-10H,11-13H2,1H3. The van der Waals surface area contributed by atoms with Crippen LogP contribution in [0.1, 0.15) is 27.2 Å². The van der Waals surface area contributed by atoms with Crippen molar-refractivity contribution >= 4 is 40.1 Å². The third kappa shape index (κ3) is 5.40. The quantitative estimate of drug-likeness (QED) is 0.234. The Morgan fingerprint density at radius 2 is 1.79 bits per heavy atom. The lowest BCUT2D eigenvalue weighted by Crippen LogP contribution is -2.32. The molecule has 0 saturated heterocycles. The van der Waals surface area contributed by atoms with E-state index >= 15 is 0 Å². The average molecular weight is 580 g/mol. The number of alkyl halides is 3. The number of hydrogen-bond donors (Lipinski definition) is 0. The number of esters is 1. The molecule has 0 atom stereocenters. The second kappa shape index (κ2) is 10.4. The van der Waals surface area contributed by atoms with E-state index in [9.17, 15) is 22.8 Å². The Balaban J connectivity index is 1.54. The predicted octanol–water partition coefficient (Wildman–Crippen LogP) is 7.05. The fourth-order valence-electron chi connectivity index (χ4n) is 4.17. The largest absolute Gasteiger partial charge is 0.478 e. The van der Waals surface area contributed by atoms with E-state index in [1.165, 1.54) is 43.5 Å². The van der Waals surface area contributed by atoms with Crippen molar-refractivity contribution in [2.24, 2.45) is 0 Å². The van der Waals surface area contributed by atoms with Gasteiger partial charge in [0.1, 0.15) is 23.8 Å². The summed E-state index contributed by atoms with van der Waals surface area (Å²) in [5, 5.41) is 0.652. The van der Waals surface area contributed by atoms with Crippen LogP contribution in [-0.4, -0.2) is 24.7 Å². The van der Waals surface area contributed by atoms with Gasteiger partial charge in [0.25, 0.3) is 5.76 Å². The molecule has 1 aliphatic heterocycles. The Labute approximate surface area is 229 Å². The van der Waals surface area contributed by atoms with Gasteiger partial charge in [0, 0.05) is 13.1 Å². The molecule has 39 heavy (non-hydrogen) atoms. The Morgan fingerprint density at radius 1 is 1.05 bits per heavy atom. The minimum atomic E-state index is -5.05. The molecule has 0 amide bonds. The third-order valence-electron chi connectivity index (χ3n) is 6.01. The number of rotatable bonds is 5. The first kappa shape index (κ1) is 26.9. The lowest BCUT2D eigenvalue weighted by atomic mass is 10.1. The lowest BCUT2D eigenvalue weighted by Gasteiger charge is -2.29. The number of fused-ring (bicyclic) bond motifs is 3. The molecule has 2 heterocycles. The number of nitrogens with zero attached hydrogens (tertiary/aromatic N) is 1. The van der Waals surface area contributed by atoms with Crippen molar-refractivity contribution < 1.29 is 36.6 Å². The van der Waals surface area contributed by atoms with Crippen LogP contribution in [0.25, 0.3) is 11.0 Å². The molecule has 0 spiro atoms. The van der Waals surface area contributed by atoms with E-state index in [0.29, 0.717) is 22.3 Å². The SMILES string of the molecule is COC(=O)c1ccc(Oc2c(C(F)(F)F)oc3c4c(ccc3c2=O)OCN(Cc2ccc(Cl)c(Cl)c2)C4)cc1. The molecule has 202 valence electrons. The molecule has 7 nitrogen and oxygen atoms in total. The first-order valence-corrected chi connectivity index (χ1v) is 12.2. The third-order valence-corrected chi connectivity index (χ3v) is 6.75. The highest BCUT2D eigenvalue weighted by atomic mass is 35.5. The molecule has 0 fully saturated rings. The number of benzene rings is 3. The summed E-state index contributed by atoms with van der Waals surface area (Å²) in [5.74, 6) is -3.05. The van der Waals surface area contributed by atoms with Crippen LogP contribution in [0.2, 0.25) is 10.0 Å². The first-order chi connectivity index (χ1) is 18.5. The maximum absolute atomic E-state index is 14.1. The summed E-state index contributed by atoms with van der Waals surface area (Å²) in [6.45, 7) is 0.645. The molecule has 0 N–H and O–H groups in total. The molecule has 1 aliphatic rings. The van der Waals surface area contributed by atoms with Gasteiger partial charge in [-0.25, -0.2) is 4.79 Å². The van der Waals surface area contributed by atoms with Gasteiger partial charge in [-0.15, -0.1) is 0 Å². The summed E-state index contributed by atoms with van der Waals surface area (Å²) in [6, 6.07) is 13.0. The minimum absolute atomic E-state index is 0.103. The average Bonchev–Trinajstić information content (AvgIpc) is 2.91. The molecule has 3 aromatic carbocycles. The number of halogens is 5. The van der Waals surface area contributed by atoms with Gasteiger partial charge in [-0.3, -0.25) is 9.69 Å². The van der Waals surface area contributed by atoms with E-state index in [1.54, 1.807) is 18.2 Å². The van der Waals surface area contributed by atoms with Crippen LogP contribution in [0.15, 0.2) is 63.8 Å². The van der Waals surface area contributed by atoms with Gasteiger partial charge >= 0.3 is 12.1 Å².